The molecule has 4 heteroatoms. The van der Waals surface area contributed by atoms with E-state index < -0.39 is 0 Å². The lowest BCUT2D eigenvalue weighted by molar-refractivity contribution is 0.352. The Labute approximate surface area is 114 Å². The van der Waals surface area contributed by atoms with E-state index in [1.54, 1.807) is 11.3 Å². The lowest BCUT2D eigenvalue weighted by Crippen LogP contribution is -2.38. The summed E-state index contributed by atoms with van der Waals surface area (Å²) in [6, 6.07) is 0.388. The van der Waals surface area contributed by atoms with Crippen LogP contribution in [0.4, 0.5) is 0 Å². The summed E-state index contributed by atoms with van der Waals surface area (Å²) in [4.78, 5) is 4.53. The van der Waals surface area contributed by atoms with Crippen LogP contribution >= 0.6 is 11.3 Å². The second kappa shape index (κ2) is 7.22. The van der Waals surface area contributed by atoms with Crippen LogP contribution in [-0.2, 0) is 6.42 Å². The number of aryl methyl sites for hydroxylation is 1. The third kappa shape index (κ3) is 4.34. The van der Waals surface area contributed by atoms with Crippen molar-refractivity contribution in [2.24, 2.45) is 11.8 Å². The molecule has 0 amide bonds. The van der Waals surface area contributed by atoms with E-state index in [1.807, 2.05) is 0 Å². The topological polar surface area (TPSA) is 50.9 Å². The first-order valence-electron chi connectivity index (χ1n) is 7.15. The highest BCUT2D eigenvalue weighted by Gasteiger charge is 2.18. The molecule has 1 atom stereocenters. The first-order chi connectivity index (χ1) is 8.78. The Morgan fingerprint density at radius 3 is 2.67 bits per heavy atom. The predicted molar refractivity (Wildman–Crippen MR) is 77.5 cm³/mol. The second-order valence-electron chi connectivity index (χ2n) is 5.54. The summed E-state index contributed by atoms with van der Waals surface area (Å²) >= 11 is 1.75. The van der Waals surface area contributed by atoms with E-state index in [2.05, 4.69) is 22.7 Å². The van der Waals surface area contributed by atoms with Gasteiger partial charge in [0.1, 0.15) is 0 Å². The minimum absolute atomic E-state index is 0.388. The van der Waals surface area contributed by atoms with Gasteiger partial charge in [-0.1, -0.05) is 38.5 Å². The molecular formula is C14H25N3S. The molecule has 3 nitrogen and oxygen atoms in total. The Bertz CT molecular complexity index is 343. The predicted octanol–water partition coefficient (Wildman–Crippen LogP) is 3.19. The van der Waals surface area contributed by atoms with Crippen molar-refractivity contribution >= 4 is 11.3 Å². The monoisotopic (exact) mass is 267 g/mol. The van der Waals surface area contributed by atoms with Crippen LogP contribution in [-0.4, -0.2) is 11.0 Å². The van der Waals surface area contributed by atoms with E-state index in [0.29, 0.717) is 6.04 Å². The van der Waals surface area contributed by atoms with Crippen molar-refractivity contribution in [2.75, 3.05) is 0 Å². The zero-order valence-electron chi connectivity index (χ0n) is 11.3. The van der Waals surface area contributed by atoms with Crippen LogP contribution in [0.2, 0.25) is 0 Å². The van der Waals surface area contributed by atoms with Crippen molar-refractivity contribution in [2.45, 2.75) is 64.3 Å². The zero-order chi connectivity index (χ0) is 12.8. The van der Waals surface area contributed by atoms with Gasteiger partial charge in [0.2, 0.25) is 0 Å². The number of nitrogens with zero attached hydrogens (tertiary/aromatic N) is 1. The van der Waals surface area contributed by atoms with E-state index in [0.717, 1.165) is 18.0 Å². The summed E-state index contributed by atoms with van der Waals surface area (Å²) in [6.07, 6.45) is 10.6. The van der Waals surface area contributed by atoms with Gasteiger partial charge in [0, 0.05) is 23.5 Å². The molecule has 0 aromatic carbocycles. The minimum Gasteiger partial charge on any atom is -0.271 e. The van der Waals surface area contributed by atoms with Crippen molar-refractivity contribution in [1.82, 2.24) is 10.4 Å². The van der Waals surface area contributed by atoms with Crippen LogP contribution in [0.25, 0.3) is 0 Å². The zero-order valence-corrected chi connectivity index (χ0v) is 12.1. The molecule has 0 bridgehead atoms. The Morgan fingerprint density at radius 1 is 1.39 bits per heavy atom. The fourth-order valence-electron chi connectivity index (χ4n) is 2.92. The molecule has 0 aliphatic heterocycles. The molecule has 2 rings (SSSR count). The van der Waals surface area contributed by atoms with Crippen LogP contribution in [0.5, 0.6) is 0 Å². The number of hydrazine groups is 1. The molecule has 1 saturated carbocycles. The normalized spacial score (nSPS) is 19.7. The molecule has 1 aromatic rings. The van der Waals surface area contributed by atoms with Gasteiger partial charge in [0.25, 0.3) is 0 Å². The molecule has 1 fully saturated rings. The quantitative estimate of drug-likeness (QED) is 0.489. The number of nitrogens with two attached hydrogens (primary N) is 1. The van der Waals surface area contributed by atoms with E-state index in [9.17, 15) is 0 Å². The Morgan fingerprint density at radius 2 is 2.11 bits per heavy atom. The number of nitrogens with one attached hydrogen (secondary N) is 1. The van der Waals surface area contributed by atoms with Crippen LogP contribution in [0, 0.1) is 12.8 Å². The van der Waals surface area contributed by atoms with E-state index in [1.165, 1.54) is 50.0 Å². The molecule has 1 heterocycles. The summed E-state index contributed by atoms with van der Waals surface area (Å²) < 4.78 is 0. The highest BCUT2D eigenvalue weighted by molar-refractivity contribution is 7.09. The average molecular weight is 267 g/mol. The van der Waals surface area contributed by atoms with Crippen LogP contribution in [0.1, 0.15) is 55.6 Å². The first-order valence-corrected chi connectivity index (χ1v) is 8.03. The second-order valence-corrected chi connectivity index (χ2v) is 6.49. The number of aromatic nitrogens is 1. The lowest BCUT2D eigenvalue weighted by atomic mass is 9.92. The third-order valence-corrected chi connectivity index (χ3v) is 4.90. The molecule has 1 unspecified atom stereocenters. The maximum atomic E-state index is 5.71. The smallest absolute Gasteiger partial charge is 0.0944 e. The van der Waals surface area contributed by atoms with Gasteiger partial charge in [-0.3, -0.25) is 11.3 Å². The molecule has 3 N–H and O–H groups in total. The summed E-state index contributed by atoms with van der Waals surface area (Å²) in [5.74, 6) is 6.57. The third-order valence-electron chi connectivity index (χ3n) is 3.92. The van der Waals surface area contributed by atoms with E-state index in [4.69, 9.17) is 5.84 Å². The number of hydrogen-bond acceptors (Lipinski definition) is 4. The fraction of sp³-hybridized carbons (Fsp3) is 0.786. The molecule has 0 spiro atoms. The van der Waals surface area contributed by atoms with Crippen molar-refractivity contribution in [3.05, 3.63) is 16.1 Å². The maximum absolute atomic E-state index is 5.71. The highest BCUT2D eigenvalue weighted by atomic mass is 32.1. The molecular weight excluding hydrogens is 242 g/mol. The minimum atomic E-state index is 0.388. The summed E-state index contributed by atoms with van der Waals surface area (Å²) in [7, 11) is 0. The maximum Gasteiger partial charge on any atom is 0.0944 e. The largest absolute Gasteiger partial charge is 0.271 e. The highest BCUT2D eigenvalue weighted by Crippen LogP contribution is 2.27. The molecule has 1 aromatic heterocycles. The first kappa shape index (κ1) is 14.0. The molecule has 1 aliphatic carbocycles. The number of thiazole rings is 1. The van der Waals surface area contributed by atoms with E-state index >= 15 is 0 Å². The van der Waals surface area contributed by atoms with Gasteiger partial charge in [-0.05, 0) is 19.3 Å². The molecule has 1 aliphatic rings. The molecule has 0 radical (unpaired) electrons. The standard InChI is InChI=1S/C14H25N3S/c1-11-10-18-14(16-11)9-13(17-15)8-12-6-4-2-3-5-7-12/h10,12-13,17H,2-9,15H2,1H3. The Balaban J connectivity index is 1.84. The Kier molecular flexibility index (Phi) is 5.60. The summed E-state index contributed by atoms with van der Waals surface area (Å²) in [6.45, 7) is 2.05. The lowest BCUT2D eigenvalue weighted by Gasteiger charge is -2.21. The Hall–Kier alpha value is -0.450. The molecule has 102 valence electrons. The van der Waals surface area contributed by atoms with Crippen molar-refractivity contribution < 1.29 is 0 Å². The number of rotatable bonds is 5. The SMILES string of the molecule is Cc1csc(CC(CC2CCCCCC2)NN)n1. The van der Waals surface area contributed by atoms with Crippen LogP contribution in [0.3, 0.4) is 0 Å². The molecule has 0 saturated heterocycles. The van der Waals surface area contributed by atoms with Crippen molar-refractivity contribution in [1.29, 1.82) is 0 Å². The van der Waals surface area contributed by atoms with Gasteiger partial charge in [0.15, 0.2) is 0 Å². The average Bonchev–Trinajstić information content (AvgIpc) is 2.63. The van der Waals surface area contributed by atoms with Crippen LogP contribution < -0.4 is 11.3 Å². The summed E-state index contributed by atoms with van der Waals surface area (Å²) in [5.41, 5.74) is 4.12. The summed E-state index contributed by atoms with van der Waals surface area (Å²) in [5, 5.41) is 3.33. The van der Waals surface area contributed by atoms with Gasteiger partial charge < -0.3 is 0 Å². The van der Waals surface area contributed by atoms with Crippen molar-refractivity contribution in [3.8, 4) is 0 Å². The van der Waals surface area contributed by atoms with Gasteiger partial charge in [0.05, 0.1) is 5.01 Å². The van der Waals surface area contributed by atoms with E-state index in [-0.39, 0.29) is 0 Å². The molecule has 18 heavy (non-hydrogen) atoms. The number of hydrogen-bond donors (Lipinski definition) is 2. The van der Waals surface area contributed by atoms with Gasteiger partial charge in [-0.2, -0.15) is 0 Å². The van der Waals surface area contributed by atoms with Crippen LogP contribution in [0.15, 0.2) is 5.38 Å². The van der Waals surface area contributed by atoms with Gasteiger partial charge in [-0.25, -0.2) is 4.98 Å². The van der Waals surface area contributed by atoms with Crippen molar-refractivity contribution in [3.63, 3.8) is 0 Å². The fourth-order valence-corrected chi connectivity index (χ4v) is 3.77. The van der Waals surface area contributed by atoms with Gasteiger partial charge >= 0.3 is 0 Å². The van der Waals surface area contributed by atoms with Gasteiger partial charge in [-0.15, -0.1) is 11.3 Å².